The fourth-order valence-electron chi connectivity index (χ4n) is 8.61. The summed E-state index contributed by atoms with van der Waals surface area (Å²) >= 11 is 1.88. The van der Waals surface area contributed by atoms with Gasteiger partial charge in [-0.2, -0.15) is 0 Å². The lowest BCUT2D eigenvalue weighted by molar-refractivity contribution is 1.32. The molecule has 0 aliphatic carbocycles. The average molecular weight is 730 g/mol. The Morgan fingerprint density at radius 1 is 0.321 bits per heavy atom. The van der Waals surface area contributed by atoms with E-state index in [0.29, 0.717) is 0 Å². The molecule has 0 fully saturated rings. The van der Waals surface area contributed by atoms with Crippen LogP contribution in [0.3, 0.4) is 0 Å². The van der Waals surface area contributed by atoms with E-state index >= 15 is 0 Å². The minimum Gasteiger partial charge on any atom is -0.309 e. The molecule has 56 heavy (non-hydrogen) atoms. The van der Waals surface area contributed by atoms with Gasteiger partial charge in [0.15, 0.2) is 0 Å². The van der Waals surface area contributed by atoms with Crippen LogP contribution in [-0.4, -0.2) is 0 Å². The van der Waals surface area contributed by atoms with Crippen molar-refractivity contribution in [3.05, 3.63) is 212 Å². The van der Waals surface area contributed by atoms with Crippen molar-refractivity contribution in [2.24, 2.45) is 0 Å². The van der Waals surface area contributed by atoms with Gasteiger partial charge in [-0.25, -0.2) is 0 Å². The highest BCUT2D eigenvalue weighted by Crippen LogP contribution is 2.49. The van der Waals surface area contributed by atoms with Crippen molar-refractivity contribution in [1.82, 2.24) is 0 Å². The Balaban J connectivity index is 1.12. The van der Waals surface area contributed by atoms with E-state index < -0.39 is 0 Å². The van der Waals surface area contributed by atoms with Crippen molar-refractivity contribution in [1.29, 1.82) is 0 Å². The Morgan fingerprint density at radius 2 is 0.946 bits per heavy atom. The molecule has 11 aromatic rings. The summed E-state index contributed by atoms with van der Waals surface area (Å²) < 4.78 is 2.58. The molecule has 0 aliphatic heterocycles. The zero-order valence-electron chi connectivity index (χ0n) is 30.6. The molecular formula is C54H35NS. The summed E-state index contributed by atoms with van der Waals surface area (Å²) in [6.45, 7) is 0. The molecule has 2 heteroatoms. The Kier molecular flexibility index (Phi) is 7.75. The lowest BCUT2D eigenvalue weighted by atomic mass is 9.95. The number of benzene rings is 10. The normalized spacial score (nSPS) is 11.6. The predicted molar refractivity (Wildman–Crippen MR) is 243 cm³/mol. The molecule has 0 spiro atoms. The van der Waals surface area contributed by atoms with E-state index in [4.69, 9.17) is 0 Å². The molecule has 1 nitrogen and oxygen atoms in total. The van der Waals surface area contributed by atoms with Gasteiger partial charge in [-0.15, -0.1) is 11.3 Å². The third kappa shape index (κ3) is 5.38. The van der Waals surface area contributed by atoms with Gasteiger partial charge in [-0.05, 0) is 96.7 Å². The highest BCUT2D eigenvalue weighted by Gasteiger charge is 2.22. The second kappa shape index (κ2) is 13.4. The quantitative estimate of drug-likeness (QED) is 0.154. The maximum absolute atomic E-state index is 2.48. The van der Waals surface area contributed by atoms with E-state index in [9.17, 15) is 0 Å². The maximum atomic E-state index is 2.48. The monoisotopic (exact) mass is 729 g/mol. The molecule has 262 valence electrons. The van der Waals surface area contributed by atoms with Crippen molar-refractivity contribution >= 4 is 80.9 Å². The Morgan fingerprint density at radius 3 is 1.75 bits per heavy atom. The molecule has 0 saturated heterocycles. The number of fused-ring (bicyclic) bond motifs is 7. The van der Waals surface area contributed by atoms with Crippen LogP contribution in [0.15, 0.2) is 212 Å². The minimum absolute atomic E-state index is 1.12. The van der Waals surface area contributed by atoms with E-state index in [0.717, 1.165) is 11.4 Å². The molecule has 0 radical (unpaired) electrons. The first-order chi connectivity index (χ1) is 27.8. The van der Waals surface area contributed by atoms with Crippen molar-refractivity contribution in [2.75, 3.05) is 4.90 Å². The fourth-order valence-corrected chi connectivity index (χ4v) is 9.87. The molecule has 0 amide bonds. The van der Waals surface area contributed by atoms with E-state index in [1.54, 1.807) is 0 Å². The lowest BCUT2D eigenvalue weighted by Gasteiger charge is -2.28. The smallest absolute Gasteiger partial charge is 0.0555 e. The van der Waals surface area contributed by atoms with Gasteiger partial charge in [0.05, 0.1) is 11.4 Å². The second-order valence-corrected chi connectivity index (χ2v) is 15.5. The number of thiophene rings is 1. The van der Waals surface area contributed by atoms with Crippen molar-refractivity contribution in [3.8, 4) is 33.4 Å². The predicted octanol–water partition coefficient (Wildman–Crippen LogP) is 16.0. The molecule has 0 N–H and O–H groups in total. The van der Waals surface area contributed by atoms with Crippen LogP contribution in [0.4, 0.5) is 17.1 Å². The molecule has 1 heterocycles. The second-order valence-electron chi connectivity index (χ2n) is 14.4. The van der Waals surface area contributed by atoms with Crippen LogP contribution in [0.1, 0.15) is 0 Å². The molecule has 0 unspecified atom stereocenters. The topological polar surface area (TPSA) is 3.24 Å². The van der Waals surface area contributed by atoms with Crippen LogP contribution >= 0.6 is 11.3 Å². The number of rotatable bonds is 6. The molecule has 0 saturated carbocycles. The third-order valence-electron chi connectivity index (χ3n) is 11.3. The lowest BCUT2D eigenvalue weighted by Crippen LogP contribution is -2.11. The van der Waals surface area contributed by atoms with E-state index in [1.165, 1.54) is 91.6 Å². The van der Waals surface area contributed by atoms with Gasteiger partial charge in [0.25, 0.3) is 0 Å². The number of nitrogens with zero attached hydrogens (tertiary/aromatic N) is 1. The first-order valence-electron chi connectivity index (χ1n) is 19.2. The minimum atomic E-state index is 1.12. The highest BCUT2D eigenvalue weighted by molar-refractivity contribution is 7.26. The van der Waals surface area contributed by atoms with Crippen LogP contribution in [-0.2, 0) is 0 Å². The molecular weight excluding hydrogens is 695 g/mol. The summed E-state index contributed by atoms with van der Waals surface area (Å²) in [5, 5.41) is 10.1. The van der Waals surface area contributed by atoms with Crippen molar-refractivity contribution in [2.45, 2.75) is 0 Å². The number of hydrogen-bond acceptors (Lipinski definition) is 2. The zero-order valence-corrected chi connectivity index (χ0v) is 31.4. The molecule has 0 aliphatic rings. The SMILES string of the molecule is c1ccc(-c2ccc(N(c3ccc(-c4ccc5c(ccc6ccccc65)c4)cc3)c3cccc4sc5c(-c6ccccc6)cccc5c34)c3ccccc23)cc1. The summed E-state index contributed by atoms with van der Waals surface area (Å²) in [6.07, 6.45) is 0. The third-order valence-corrected chi connectivity index (χ3v) is 12.5. The van der Waals surface area contributed by atoms with Gasteiger partial charge < -0.3 is 4.90 Å². The van der Waals surface area contributed by atoms with E-state index in [-0.39, 0.29) is 0 Å². The van der Waals surface area contributed by atoms with Crippen LogP contribution in [0.2, 0.25) is 0 Å². The van der Waals surface area contributed by atoms with Gasteiger partial charge in [0.1, 0.15) is 0 Å². The van der Waals surface area contributed by atoms with E-state index in [1.807, 2.05) is 11.3 Å². The van der Waals surface area contributed by atoms with Crippen molar-refractivity contribution < 1.29 is 0 Å². The first kappa shape index (κ1) is 32.4. The summed E-state index contributed by atoms with van der Waals surface area (Å²) in [6, 6.07) is 77.7. The Hall–Kier alpha value is -7.00. The van der Waals surface area contributed by atoms with Crippen molar-refractivity contribution in [3.63, 3.8) is 0 Å². The summed E-state index contributed by atoms with van der Waals surface area (Å²) in [5.74, 6) is 0. The largest absolute Gasteiger partial charge is 0.309 e. The van der Waals surface area contributed by atoms with Gasteiger partial charge in [-0.1, -0.05) is 176 Å². The highest BCUT2D eigenvalue weighted by atomic mass is 32.1. The molecule has 1 aromatic heterocycles. The molecule has 0 atom stereocenters. The molecule has 11 rings (SSSR count). The average Bonchev–Trinajstić information content (AvgIpc) is 3.67. The van der Waals surface area contributed by atoms with Gasteiger partial charge in [0.2, 0.25) is 0 Å². The summed E-state index contributed by atoms with van der Waals surface area (Å²) in [5.41, 5.74) is 10.8. The number of anilines is 3. The Labute approximate surface area is 330 Å². The van der Waals surface area contributed by atoms with Crippen LogP contribution in [0.25, 0.3) is 85.9 Å². The van der Waals surface area contributed by atoms with Gasteiger partial charge in [0, 0.05) is 31.2 Å². The van der Waals surface area contributed by atoms with Crippen LogP contribution in [0, 0.1) is 0 Å². The van der Waals surface area contributed by atoms with E-state index in [2.05, 4.69) is 217 Å². The zero-order chi connectivity index (χ0) is 37.0. The van der Waals surface area contributed by atoms with Crippen LogP contribution in [0.5, 0.6) is 0 Å². The summed E-state index contributed by atoms with van der Waals surface area (Å²) in [4.78, 5) is 2.48. The Bertz CT molecular complexity index is 3230. The fraction of sp³-hybridized carbons (Fsp3) is 0. The first-order valence-corrected chi connectivity index (χ1v) is 20.0. The maximum Gasteiger partial charge on any atom is 0.0555 e. The molecule has 10 aromatic carbocycles. The van der Waals surface area contributed by atoms with Crippen LogP contribution < -0.4 is 4.90 Å². The summed E-state index contributed by atoms with van der Waals surface area (Å²) in [7, 11) is 0. The standard InChI is InChI=1S/C54H35NS/c1-3-13-37(14-4-1)44-33-34-50(48-20-10-9-19-47(44)48)55(51-23-12-24-52-53(51)49-22-11-21-46(54(49)56-52)38-15-5-2-6-16-38)42-30-27-36(28-31-42)40-29-32-45-41(35-40)26-25-39-17-7-8-18-43(39)45/h1-35H. The number of hydrogen-bond donors (Lipinski definition) is 0. The van der Waals surface area contributed by atoms with Gasteiger partial charge >= 0.3 is 0 Å². The van der Waals surface area contributed by atoms with Gasteiger partial charge in [-0.3, -0.25) is 0 Å². The molecule has 0 bridgehead atoms.